The molecule has 6 heteroatoms. The van der Waals surface area contributed by atoms with Crippen LogP contribution in [0, 0.1) is 0 Å². The Morgan fingerprint density at radius 1 is 1.06 bits per heavy atom. The van der Waals surface area contributed by atoms with E-state index in [0.29, 0.717) is 5.75 Å². The van der Waals surface area contributed by atoms with Gasteiger partial charge in [-0.25, -0.2) is 0 Å². The van der Waals surface area contributed by atoms with Crippen LogP contribution in [0.1, 0.15) is 0 Å². The number of hydrogen-bond donors (Lipinski definition) is 1. The second kappa shape index (κ2) is 5.60. The van der Waals surface area contributed by atoms with Gasteiger partial charge in [-0.15, -0.1) is 0 Å². The third-order valence-corrected chi connectivity index (χ3v) is 1.60. The number of alkyl halides is 3. The van der Waals surface area contributed by atoms with Crippen LogP contribution >= 0.6 is 0 Å². The summed E-state index contributed by atoms with van der Waals surface area (Å²) in [5, 5.41) is 8.95. The summed E-state index contributed by atoms with van der Waals surface area (Å²) in [6.45, 7) is -1.38. The van der Waals surface area contributed by atoms with E-state index >= 15 is 0 Å². The van der Waals surface area contributed by atoms with Gasteiger partial charge in [0, 0.05) is 0 Å². The molecule has 0 heterocycles. The molecule has 0 unspecified atom stereocenters. The van der Waals surface area contributed by atoms with Crippen molar-refractivity contribution in [2.45, 2.75) is 6.18 Å². The number of benzene rings is 1. The Morgan fingerprint density at radius 3 is 2.25 bits per heavy atom. The van der Waals surface area contributed by atoms with Gasteiger partial charge >= 0.3 is 6.18 Å². The van der Waals surface area contributed by atoms with Crippen molar-refractivity contribution < 1.29 is 27.8 Å². The molecule has 0 saturated carbocycles. The van der Waals surface area contributed by atoms with Crippen LogP contribution in [-0.2, 0) is 4.74 Å². The molecule has 1 aromatic carbocycles. The largest absolute Gasteiger partial charge is 0.508 e. The van der Waals surface area contributed by atoms with E-state index in [1.165, 1.54) is 24.3 Å². The Labute approximate surface area is 90.4 Å². The molecule has 0 fully saturated rings. The quantitative estimate of drug-likeness (QED) is 0.797. The standard InChI is InChI=1S/C10H11F3O3/c11-10(12,13)7-15-5-6-16-9-3-1-8(14)2-4-9/h1-4,14H,5-7H2. The first-order valence-corrected chi connectivity index (χ1v) is 4.54. The summed E-state index contributed by atoms with van der Waals surface area (Å²) in [5.41, 5.74) is 0. The fraction of sp³-hybridized carbons (Fsp3) is 0.400. The normalized spacial score (nSPS) is 11.4. The zero-order chi connectivity index (χ0) is 12.0. The maximum Gasteiger partial charge on any atom is 0.411 e. The van der Waals surface area contributed by atoms with Crippen molar-refractivity contribution in [3.63, 3.8) is 0 Å². The van der Waals surface area contributed by atoms with Crippen molar-refractivity contribution >= 4 is 0 Å². The fourth-order valence-electron chi connectivity index (χ4n) is 0.949. The monoisotopic (exact) mass is 236 g/mol. The van der Waals surface area contributed by atoms with E-state index < -0.39 is 12.8 Å². The number of phenols is 1. The van der Waals surface area contributed by atoms with Crippen LogP contribution in [0.5, 0.6) is 11.5 Å². The van der Waals surface area contributed by atoms with Gasteiger partial charge in [-0.2, -0.15) is 13.2 Å². The molecule has 0 amide bonds. The van der Waals surface area contributed by atoms with Gasteiger partial charge in [0.25, 0.3) is 0 Å². The van der Waals surface area contributed by atoms with Gasteiger partial charge in [0.05, 0.1) is 6.61 Å². The molecule has 0 radical (unpaired) electrons. The maximum absolute atomic E-state index is 11.7. The minimum atomic E-state index is -4.31. The lowest BCUT2D eigenvalue weighted by atomic mass is 10.3. The van der Waals surface area contributed by atoms with Crippen molar-refractivity contribution in [2.24, 2.45) is 0 Å². The Balaban J connectivity index is 2.14. The summed E-state index contributed by atoms with van der Waals surface area (Å²) in [7, 11) is 0. The highest BCUT2D eigenvalue weighted by atomic mass is 19.4. The minimum absolute atomic E-state index is 0.0286. The van der Waals surface area contributed by atoms with Gasteiger partial charge in [0.2, 0.25) is 0 Å². The van der Waals surface area contributed by atoms with Crippen LogP contribution < -0.4 is 4.74 Å². The summed E-state index contributed by atoms with van der Waals surface area (Å²) in [6.07, 6.45) is -4.31. The van der Waals surface area contributed by atoms with Crippen molar-refractivity contribution in [3.8, 4) is 11.5 Å². The van der Waals surface area contributed by atoms with Gasteiger partial charge in [0.1, 0.15) is 24.7 Å². The lowest BCUT2D eigenvalue weighted by Crippen LogP contribution is -2.19. The smallest absolute Gasteiger partial charge is 0.411 e. The lowest BCUT2D eigenvalue weighted by Gasteiger charge is -2.08. The average Bonchev–Trinajstić information content (AvgIpc) is 2.19. The highest BCUT2D eigenvalue weighted by Gasteiger charge is 2.27. The molecule has 0 atom stereocenters. The van der Waals surface area contributed by atoms with E-state index in [9.17, 15) is 13.2 Å². The predicted molar refractivity (Wildman–Crippen MR) is 50.5 cm³/mol. The molecule has 0 aliphatic carbocycles. The molecular formula is C10H11F3O3. The van der Waals surface area contributed by atoms with Crippen LogP contribution in [0.15, 0.2) is 24.3 Å². The first-order valence-electron chi connectivity index (χ1n) is 4.54. The second-order valence-corrected chi connectivity index (χ2v) is 3.01. The highest BCUT2D eigenvalue weighted by molar-refractivity contribution is 5.29. The number of ether oxygens (including phenoxy) is 2. The second-order valence-electron chi connectivity index (χ2n) is 3.01. The van der Waals surface area contributed by atoms with Gasteiger partial charge in [-0.3, -0.25) is 0 Å². The van der Waals surface area contributed by atoms with Gasteiger partial charge < -0.3 is 14.6 Å². The zero-order valence-corrected chi connectivity index (χ0v) is 8.33. The zero-order valence-electron chi connectivity index (χ0n) is 8.33. The number of rotatable bonds is 5. The number of halogens is 3. The Bertz CT molecular complexity index is 308. The van der Waals surface area contributed by atoms with Crippen molar-refractivity contribution in [1.29, 1.82) is 0 Å². The molecular weight excluding hydrogens is 225 g/mol. The van der Waals surface area contributed by atoms with Gasteiger partial charge in [0.15, 0.2) is 0 Å². The summed E-state index contributed by atoms with van der Waals surface area (Å²) in [4.78, 5) is 0. The van der Waals surface area contributed by atoms with E-state index in [1.807, 2.05) is 0 Å². The summed E-state index contributed by atoms with van der Waals surface area (Å²) in [6, 6.07) is 5.87. The van der Waals surface area contributed by atoms with E-state index in [1.54, 1.807) is 0 Å². The average molecular weight is 236 g/mol. The Hall–Kier alpha value is -1.43. The molecule has 1 rings (SSSR count). The van der Waals surface area contributed by atoms with E-state index in [4.69, 9.17) is 9.84 Å². The fourth-order valence-corrected chi connectivity index (χ4v) is 0.949. The van der Waals surface area contributed by atoms with Crippen LogP contribution in [0.3, 0.4) is 0 Å². The summed E-state index contributed by atoms with van der Waals surface area (Å²) < 4.78 is 44.4. The summed E-state index contributed by atoms with van der Waals surface area (Å²) in [5.74, 6) is 0.564. The molecule has 0 aliphatic heterocycles. The Kier molecular flexibility index (Phi) is 4.42. The third kappa shape index (κ3) is 5.45. The van der Waals surface area contributed by atoms with Crippen LogP contribution in [0.25, 0.3) is 0 Å². The van der Waals surface area contributed by atoms with Crippen LogP contribution in [0.4, 0.5) is 13.2 Å². The number of phenolic OH excluding ortho intramolecular Hbond substituents is 1. The van der Waals surface area contributed by atoms with Crippen LogP contribution in [0.2, 0.25) is 0 Å². The molecule has 0 aliphatic rings. The van der Waals surface area contributed by atoms with Gasteiger partial charge in [-0.05, 0) is 24.3 Å². The maximum atomic E-state index is 11.7. The molecule has 0 saturated heterocycles. The summed E-state index contributed by atoms with van der Waals surface area (Å²) >= 11 is 0. The third-order valence-electron chi connectivity index (χ3n) is 1.60. The molecule has 3 nitrogen and oxygen atoms in total. The van der Waals surface area contributed by atoms with Crippen molar-refractivity contribution in [3.05, 3.63) is 24.3 Å². The van der Waals surface area contributed by atoms with Crippen molar-refractivity contribution in [2.75, 3.05) is 19.8 Å². The minimum Gasteiger partial charge on any atom is -0.508 e. The lowest BCUT2D eigenvalue weighted by molar-refractivity contribution is -0.175. The molecule has 90 valence electrons. The molecule has 1 aromatic rings. The predicted octanol–water partition coefficient (Wildman–Crippen LogP) is 2.35. The van der Waals surface area contributed by atoms with E-state index in [2.05, 4.69) is 4.74 Å². The number of hydrogen-bond acceptors (Lipinski definition) is 3. The molecule has 0 bridgehead atoms. The SMILES string of the molecule is Oc1ccc(OCCOCC(F)(F)F)cc1. The molecule has 1 N–H and O–H groups in total. The molecule has 0 spiro atoms. The topological polar surface area (TPSA) is 38.7 Å². The van der Waals surface area contributed by atoms with E-state index in [0.717, 1.165) is 0 Å². The number of aromatic hydroxyl groups is 1. The van der Waals surface area contributed by atoms with Crippen LogP contribution in [-0.4, -0.2) is 31.1 Å². The van der Waals surface area contributed by atoms with E-state index in [-0.39, 0.29) is 19.0 Å². The highest BCUT2D eigenvalue weighted by Crippen LogP contribution is 2.16. The Morgan fingerprint density at radius 2 is 1.69 bits per heavy atom. The first kappa shape index (κ1) is 12.6. The molecule has 0 aromatic heterocycles. The first-order chi connectivity index (χ1) is 7.47. The van der Waals surface area contributed by atoms with Crippen molar-refractivity contribution in [1.82, 2.24) is 0 Å². The van der Waals surface area contributed by atoms with Gasteiger partial charge in [-0.1, -0.05) is 0 Å². The molecule has 16 heavy (non-hydrogen) atoms.